The van der Waals surface area contributed by atoms with Crippen LogP contribution in [0.2, 0.25) is 0 Å². The third-order valence-electron chi connectivity index (χ3n) is 2.16. The molecule has 0 radical (unpaired) electrons. The van der Waals surface area contributed by atoms with Gasteiger partial charge in [-0.15, -0.1) is 12.6 Å². The Labute approximate surface area is 109 Å². The fourth-order valence-electron chi connectivity index (χ4n) is 1.21. The SMILES string of the molecule is COCCN(C)C(=O)c1cc(S)ccc1Br. The Morgan fingerprint density at radius 3 is 2.88 bits per heavy atom. The van der Waals surface area contributed by atoms with Crippen molar-refractivity contribution in [1.29, 1.82) is 0 Å². The number of carbonyl (C=O) groups excluding carboxylic acids is 1. The van der Waals surface area contributed by atoms with E-state index in [-0.39, 0.29) is 5.91 Å². The number of hydrogen-bond acceptors (Lipinski definition) is 3. The van der Waals surface area contributed by atoms with E-state index in [4.69, 9.17) is 4.74 Å². The van der Waals surface area contributed by atoms with Gasteiger partial charge >= 0.3 is 0 Å². The molecule has 0 saturated heterocycles. The second kappa shape index (κ2) is 6.27. The summed E-state index contributed by atoms with van der Waals surface area (Å²) in [7, 11) is 3.36. The zero-order valence-corrected chi connectivity index (χ0v) is 11.7. The van der Waals surface area contributed by atoms with Gasteiger partial charge in [-0.2, -0.15) is 0 Å². The maximum absolute atomic E-state index is 12.0. The number of carbonyl (C=O) groups is 1. The first-order valence-electron chi connectivity index (χ1n) is 4.79. The Hall–Kier alpha value is -0.520. The van der Waals surface area contributed by atoms with Gasteiger partial charge in [0.2, 0.25) is 0 Å². The van der Waals surface area contributed by atoms with Crippen molar-refractivity contribution < 1.29 is 9.53 Å². The third kappa shape index (κ3) is 3.50. The first kappa shape index (κ1) is 13.5. The third-order valence-corrected chi connectivity index (χ3v) is 3.13. The molecule has 1 rings (SSSR count). The lowest BCUT2D eigenvalue weighted by atomic mass is 10.2. The average molecular weight is 304 g/mol. The minimum absolute atomic E-state index is 0.0418. The lowest BCUT2D eigenvalue weighted by Crippen LogP contribution is -2.30. The summed E-state index contributed by atoms with van der Waals surface area (Å²) in [5.74, 6) is -0.0418. The molecule has 1 amide bonds. The van der Waals surface area contributed by atoms with Crippen LogP contribution >= 0.6 is 28.6 Å². The van der Waals surface area contributed by atoms with Crippen molar-refractivity contribution in [3.8, 4) is 0 Å². The summed E-state index contributed by atoms with van der Waals surface area (Å²) in [6, 6.07) is 5.40. The van der Waals surface area contributed by atoms with E-state index < -0.39 is 0 Å². The van der Waals surface area contributed by atoms with Crippen LogP contribution in [-0.2, 0) is 4.74 Å². The molecular formula is C11H14BrNO2S. The van der Waals surface area contributed by atoms with Crippen LogP contribution in [0, 0.1) is 0 Å². The maximum atomic E-state index is 12.0. The molecule has 0 aliphatic rings. The summed E-state index contributed by atoms with van der Waals surface area (Å²) in [4.78, 5) is 14.4. The second-order valence-electron chi connectivity index (χ2n) is 3.38. The molecular weight excluding hydrogens is 290 g/mol. The Bertz CT molecular complexity index is 384. The summed E-state index contributed by atoms with van der Waals surface area (Å²) in [5.41, 5.74) is 0.617. The smallest absolute Gasteiger partial charge is 0.254 e. The molecule has 0 aromatic heterocycles. The topological polar surface area (TPSA) is 29.5 Å². The lowest BCUT2D eigenvalue weighted by Gasteiger charge is -2.17. The number of likely N-dealkylation sites (N-methyl/N-ethyl adjacent to an activating group) is 1. The second-order valence-corrected chi connectivity index (χ2v) is 4.75. The van der Waals surface area contributed by atoms with Crippen molar-refractivity contribution in [3.63, 3.8) is 0 Å². The molecule has 3 nitrogen and oxygen atoms in total. The van der Waals surface area contributed by atoms with Gasteiger partial charge in [0.1, 0.15) is 0 Å². The number of rotatable bonds is 4. The highest BCUT2D eigenvalue weighted by molar-refractivity contribution is 9.10. The van der Waals surface area contributed by atoms with Gasteiger partial charge in [0.15, 0.2) is 0 Å². The van der Waals surface area contributed by atoms with E-state index in [2.05, 4.69) is 28.6 Å². The van der Waals surface area contributed by atoms with Gasteiger partial charge in [-0.05, 0) is 34.1 Å². The maximum Gasteiger partial charge on any atom is 0.254 e. The summed E-state index contributed by atoms with van der Waals surface area (Å²) in [5, 5.41) is 0. The Morgan fingerprint density at radius 2 is 2.25 bits per heavy atom. The van der Waals surface area contributed by atoms with Crippen LogP contribution < -0.4 is 0 Å². The summed E-state index contributed by atoms with van der Waals surface area (Å²) < 4.78 is 5.71. The van der Waals surface area contributed by atoms with Crippen LogP contribution in [0.3, 0.4) is 0 Å². The van der Waals surface area contributed by atoms with Crippen LogP contribution in [0.15, 0.2) is 27.6 Å². The number of benzene rings is 1. The van der Waals surface area contributed by atoms with Crippen LogP contribution in [-0.4, -0.2) is 38.1 Å². The Kier molecular flexibility index (Phi) is 5.31. The fourth-order valence-corrected chi connectivity index (χ4v) is 1.83. The first-order valence-corrected chi connectivity index (χ1v) is 6.03. The van der Waals surface area contributed by atoms with Crippen LogP contribution in [0.5, 0.6) is 0 Å². The molecule has 0 atom stereocenters. The molecule has 0 unspecified atom stereocenters. The van der Waals surface area contributed by atoms with Crippen molar-refractivity contribution in [3.05, 3.63) is 28.2 Å². The van der Waals surface area contributed by atoms with Crippen molar-refractivity contribution in [2.75, 3.05) is 27.3 Å². The summed E-state index contributed by atoms with van der Waals surface area (Å²) in [6.07, 6.45) is 0. The number of ether oxygens (including phenoxy) is 1. The monoisotopic (exact) mass is 303 g/mol. The number of hydrogen-bond donors (Lipinski definition) is 1. The largest absolute Gasteiger partial charge is 0.383 e. The molecule has 0 aliphatic carbocycles. The average Bonchev–Trinajstić information content (AvgIpc) is 2.28. The van der Waals surface area contributed by atoms with Crippen molar-refractivity contribution >= 4 is 34.5 Å². The normalized spacial score (nSPS) is 10.2. The van der Waals surface area contributed by atoms with Crippen LogP contribution in [0.4, 0.5) is 0 Å². The molecule has 0 heterocycles. The molecule has 0 spiro atoms. The van der Waals surface area contributed by atoms with Crippen LogP contribution in [0.25, 0.3) is 0 Å². The minimum Gasteiger partial charge on any atom is -0.383 e. The van der Waals surface area contributed by atoms with Crippen molar-refractivity contribution in [2.45, 2.75) is 4.90 Å². The predicted molar refractivity (Wildman–Crippen MR) is 70.2 cm³/mol. The van der Waals surface area contributed by atoms with E-state index in [0.717, 1.165) is 9.37 Å². The van der Waals surface area contributed by atoms with Crippen molar-refractivity contribution in [1.82, 2.24) is 4.90 Å². The van der Waals surface area contributed by atoms with E-state index in [1.807, 2.05) is 12.1 Å². The Morgan fingerprint density at radius 1 is 1.56 bits per heavy atom. The molecule has 1 aromatic carbocycles. The van der Waals surface area contributed by atoms with Gasteiger partial charge in [-0.1, -0.05) is 0 Å². The first-order chi connectivity index (χ1) is 7.56. The zero-order chi connectivity index (χ0) is 12.1. The quantitative estimate of drug-likeness (QED) is 0.866. The molecule has 0 N–H and O–H groups in total. The highest BCUT2D eigenvalue weighted by Crippen LogP contribution is 2.21. The van der Waals surface area contributed by atoms with E-state index in [0.29, 0.717) is 18.7 Å². The molecule has 88 valence electrons. The molecule has 0 aliphatic heterocycles. The molecule has 5 heteroatoms. The number of halogens is 1. The molecule has 0 bridgehead atoms. The van der Waals surface area contributed by atoms with Gasteiger partial charge in [-0.3, -0.25) is 4.79 Å². The fraction of sp³-hybridized carbons (Fsp3) is 0.364. The summed E-state index contributed by atoms with van der Waals surface area (Å²) >= 11 is 7.57. The van der Waals surface area contributed by atoms with Crippen molar-refractivity contribution in [2.24, 2.45) is 0 Å². The van der Waals surface area contributed by atoms with E-state index >= 15 is 0 Å². The van der Waals surface area contributed by atoms with Gasteiger partial charge < -0.3 is 9.64 Å². The number of nitrogens with zero attached hydrogens (tertiary/aromatic N) is 1. The molecule has 16 heavy (non-hydrogen) atoms. The van der Waals surface area contributed by atoms with Crippen LogP contribution in [0.1, 0.15) is 10.4 Å². The zero-order valence-electron chi connectivity index (χ0n) is 9.24. The van der Waals surface area contributed by atoms with Gasteiger partial charge in [-0.25, -0.2) is 0 Å². The predicted octanol–water partition coefficient (Wildman–Crippen LogP) is 2.46. The van der Waals surface area contributed by atoms with E-state index in [1.165, 1.54) is 0 Å². The summed E-state index contributed by atoms with van der Waals surface area (Å²) in [6.45, 7) is 1.10. The van der Waals surface area contributed by atoms with E-state index in [1.54, 1.807) is 25.1 Å². The molecule has 0 saturated carbocycles. The van der Waals surface area contributed by atoms with Gasteiger partial charge in [0.25, 0.3) is 5.91 Å². The lowest BCUT2D eigenvalue weighted by molar-refractivity contribution is 0.0743. The molecule has 0 fully saturated rings. The highest BCUT2D eigenvalue weighted by atomic mass is 79.9. The van der Waals surface area contributed by atoms with E-state index in [9.17, 15) is 4.79 Å². The number of methoxy groups -OCH3 is 1. The highest BCUT2D eigenvalue weighted by Gasteiger charge is 2.14. The Balaban J connectivity index is 2.83. The minimum atomic E-state index is -0.0418. The standard InChI is InChI=1S/C11H14BrNO2S/c1-13(5-6-15-2)11(14)9-7-8(16)3-4-10(9)12/h3-4,7,16H,5-6H2,1-2H3. The van der Waals surface area contributed by atoms with Gasteiger partial charge in [0, 0.05) is 30.1 Å². The number of amides is 1. The number of thiol groups is 1. The van der Waals surface area contributed by atoms with Gasteiger partial charge in [0.05, 0.1) is 12.2 Å². The molecule has 1 aromatic rings.